The smallest absolute Gasteiger partial charge is 0.253 e. The second kappa shape index (κ2) is 7.36. The summed E-state index contributed by atoms with van der Waals surface area (Å²) >= 11 is 0. The van der Waals surface area contributed by atoms with E-state index in [2.05, 4.69) is 6.07 Å². The Labute approximate surface area is 155 Å². The van der Waals surface area contributed by atoms with Gasteiger partial charge in [0.05, 0.1) is 7.11 Å². The van der Waals surface area contributed by atoms with Crippen molar-refractivity contribution in [2.45, 2.75) is 32.1 Å². The molecule has 0 spiro atoms. The molecule has 2 aromatic rings. The predicted molar refractivity (Wildman–Crippen MR) is 104 cm³/mol. The van der Waals surface area contributed by atoms with Crippen molar-refractivity contribution >= 4 is 5.91 Å². The van der Waals surface area contributed by atoms with Crippen LogP contribution in [0.15, 0.2) is 59.7 Å². The van der Waals surface area contributed by atoms with Crippen LogP contribution in [-0.4, -0.2) is 31.0 Å². The number of piperidine rings is 1. The summed E-state index contributed by atoms with van der Waals surface area (Å²) in [5.74, 6) is 0.993. The van der Waals surface area contributed by atoms with Gasteiger partial charge in [0.25, 0.3) is 5.91 Å². The molecule has 1 aliphatic carbocycles. The monoisotopic (exact) mass is 347 g/mol. The molecule has 1 saturated heterocycles. The summed E-state index contributed by atoms with van der Waals surface area (Å²) < 4.78 is 5.29. The van der Waals surface area contributed by atoms with Crippen LogP contribution in [0.4, 0.5) is 0 Å². The van der Waals surface area contributed by atoms with E-state index >= 15 is 0 Å². The Balaban J connectivity index is 1.44. The number of hydrogen-bond donors (Lipinski definition) is 0. The van der Waals surface area contributed by atoms with Crippen LogP contribution >= 0.6 is 0 Å². The molecule has 1 amide bonds. The summed E-state index contributed by atoms with van der Waals surface area (Å²) in [6.45, 7) is 1.71. The summed E-state index contributed by atoms with van der Waals surface area (Å²) in [4.78, 5) is 14.8. The highest BCUT2D eigenvalue weighted by atomic mass is 16.5. The molecular formula is C23H25NO2. The van der Waals surface area contributed by atoms with Gasteiger partial charge in [-0.15, -0.1) is 0 Å². The van der Waals surface area contributed by atoms with Crippen molar-refractivity contribution in [1.82, 2.24) is 4.90 Å². The number of carbonyl (C=O) groups excluding carboxylic acids is 1. The first-order chi connectivity index (χ1) is 12.7. The van der Waals surface area contributed by atoms with Gasteiger partial charge in [0.15, 0.2) is 0 Å². The molecule has 1 saturated carbocycles. The third-order valence-corrected chi connectivity index (χ3v) is 5.65. The van der Waals surface area contributed by atoms with Crippen LogP contribution in [0, 0.1) is 0 Å². The van der Waals surface area contributed by atoms with E-state index < -0.39 is 0 Å². The molecule has 3 nitrogen and oxygen atoms in total. The fraction of sp³-hybridized carbons (Fsp3) is 0.348. The lowest BCUT2D eigenvalue weighted by Crippen LogP contribution is -2.36. The Kier molecular flexibility index (Phi) is 4.79. The van der Waals surface area contributed by atoms with Gasteiger partial charge in [-0.2, -0.15) is 0 Å². The molecule has 2 aliphatic rings. The number of benzene rings is 2. The Morgan fingerprint density at radius 3 is 2.19 bits per heavy atom. The average Bonchev–Trinajstić information content (AvgIpc) is 2.67. The highest BCUT2D eigenvalue weighted by Crippen LogP contribution is 2.33. The Morgan fingerprint density at radius 1 is 0.885 bits per heavy atom. The SMILES string of the molecule is COc1cccc(-c2ccc(C(=O)N3CCC(=C4CCC4)CC3)cc2)c1. The molecule has 26 heavy (non-hydrogen) atoms. The maximum atomic E-state index is 12.8. The van der Waals surface area contributed by atoms with Gasteiger partial charge in [-0.05, 0) is 67.5 Å². The van der Waals surface area contributed by atoms with E-state index in [1.807, 2.05) is 47.4 Å². The van der Waals surface area contributed by atoms with Gasteiger partial charge in [-0.3, -0.25) is 4.79 Å². The third-order valence-electron chi connectivity index (χ3n) is 5.65. The van der Waals surface area contributed by atoms with E-state index in [1.165, 1.54) is 19.3 Å². The molecule has 0 atom stereocenters. The Hall–Kier alpha value is -2.55. The van der Waals surface area contributed by atoms with Gasteiger partial charge in [0, 0.05) is 18.7 Å². The number of rotatable bonds is 3. The van der Waals surface area contributed by atoms with Crippen molar-refractivity contribution in [3.05, 3.63) is 65.2 Å². The molecular weight excluding hydrogens is 322 g/mol. The zero-order valence-corrected chi connectivity index (χ0v) is 15.3. The van der Waals surface area contributed by atoms with Crippen molar-refractivity contribution in [2.24, 2.45) is 0 Å². The summed E-state index contributed by atoms with van der Waals surface area (Å²) in [7, 11) is 1.67. The van der Waals surface area contributed by atoms with Crippen molar-refractivity contribution in [2.75, 3.05) is 20.2 Å². The number of carbonyl (C=O) groups is 1. The summed E-state index contributed by atoms with van der Waals surface area (Å²) in [6, 6.07) is 15.9. The molecule has 1 aliphatic heterocycles. The summed E-state index contributed by atoms with van der Waals surface area (Å²) in [6.07, 6.45) is 6.04. The molecule has 3 heteroatoms. The van der Waals surface area contributed by atoms with Gasteiger partial charge in [-0.1, -0.05) is 35.4 Å². The maximum Gasteiger partial charge on any atom is 0.253 e. The first kappa shape index (κ1) is 16.9. The molecule has 0 N–H and O–H groups in total. The third kappa shape index (κ3) is 3.39. The van der Waals surface area contributed by atoms with Crippen molar-refractivity contribution in [1.29, 1.82) is 0 Å². The number of allylic oxidation sites excluding steroid dienone is 1. The molecule has 2 fully saturated rings. The summed E-state index contributed by atoms with van der Waals surface area (Å²) in [5.41, 5.74) is 6.25. The molecule has 134 valence electrons. The van der Waals surface area contributed by atoms with Crippen LogP contribution in [0.2, 0.25) is 0 Å². The number of nitrogens with zero attached hydrogens (tertiary/aromatic N) is 1. The fourth-order valence-corrected chi connectivity index (χ4v) is 3.83. The van der Waals surface area contributed by atoms with E-state index in [4.69, 9.17) is 4.74 Å². The Bertz CT molecular complexity index is 820. The van der Waals surface area contributed by atoms with E-state index in [9.17, 15) is 4.79 Å². The average molecular weight is 347 g/mol. The van der Waals surface area contributed by atoms with Crippen LogP contribution in [0.3, 0.4) is 0 Å². The number of methoxy groups -OCH3 is 1. The molecule has 0 radical (unpaired) electrons. The number of hydrogen-bond acceptors (Lipinski definition) is 2. The maximum absolute atomic E-state index is 12.8. The van der Waals surface area contributed by atoms with Crippen LogP contribution in [0.25, 0.3) is 11.1 Å². The second-order valence-corrected chi connectivity index (χ2v) is 7.16. The van der Waals surface area contributed by atoms with Crippen molar-refractivity contribution < 1.29 is 9.53 Å². The van der Waals surface area contributed by atoms with E-state index in [1.54, 1.807) is 18.3 Å². The quantitative estimate of drug-likeness (QED) is 0.725. The van der Waals surface area contributed by atoms with E-state index in [0.717, 1.165) is 48.4 Å². The summed E-state index contributed by atoms with van der Waals surface area (Å²) in [5, 5.41) is 0. The normalized spacial score (nSPS) is 17.0. The highest BCUT2D eigenvalue weighted by molar-refractivity contribution is 5.94. The number of ether oxygens (including phenoxy) is 1. The second-order valence-electron chi connectivity index (χ2n) is 7.16. The van der Waals surface area contributed by atoms with E-state index in [0.29, 0.717) is 0 Å². The largest absolute Gasteiger partial charge is 0.497 e. The molecule has 0 unspecified atom stereocenters. The van der Waals surface area contributed by atoms with Gasteiger partial charge in [-0.25, -0.2) is 0 Å². The van der Waals surface area contributed by atoms with Gasteiger partial charge in [0.1, 0.15) is 5.75 Å². The lowest BCUT2D eigenvalue weighted by molar-refractivity contribution is 0.0742. The topological polar surface area (TPSA) is 29.5 Å². The molecule has 4 rings (SSSR count). The minimum atomic E-state index is 0.153. The zero-order chi connectivity index (χ0) is 17.9. The van der Waals surface area contributed by atoms with Gasteiger partial charge >= 0.3 is 0 Å². The molecule has 0 bridgehead atoms. The molecule has 2 aromatic carbocycles. The highest BCUT2D eigenvalue weighted by Gasteiger charge is 2.23. The minimum Gasteiger partial charge on any atom is -0.497 e. The van der Waals surface area contributed by atoms with Gasteiger partial charge < -0.3 is 9.64 Å². The van der Waals surface area contributed by atoms with Crippen LogP contribution in [0.5, 0.6) is 5.75 Å². The lowest BCUT2D eigenvalue weighted by Gasteiger charge is -2.32. The van der Waals surface area contributed by atoms with Crippen LogP contribution in [0.1, 0.15) is 42.5 Å². The first-order valence-corrected chi connectivity index (χ1v) is 9.48. The van der Waals surface area contributed by atoms with Crippen LogP contribution < -0.4 is 4.74 Å². The fourth-order valence-electron chi connectivity index (χ4n) is 3.83. The predicted octanol–water partition coefficient (Wildman–Crippen LogP) is 5.08. The number of amides is 1. The molecule has 0 aromatic heterocycles. The standard InChI is InChI=1S/C23H25NO2/c1-26-22-7-3-6-21(16-22)18-8-10-20(11-9-18)23(25)24-14-12-19(13-15-24)17-4-2-5-17/h3,6-11,16H,2,4-5,12-15H2,1H3. The van der Waals surface area contributed by atoms with Crippen LogP contribution in [-0.2, 0) is 0 Å². The zero-order valence-electron chi connectivity index (χ0n) is 15.3. The first-order valence-electron chi connectivity index (χ1n) is 9.48. The van der Waals surface area contributed by atoms with Crippen molar-refractivity contribution in [3.63, 3.8) is 0 Å². The van der Waals surface area contributed by atoms with Crippen molar-refractivity contribution in [3.8, 4) is 16.9 Å². The minimum absolute atomic E-state index is 0.153. The Morgan fingerprint density at radius 2 is 1.58 bits per heavy atom. The van der Waals surface area contributed by atoms with Gasteiger partial charge in [0.2, 0.25) is 0 Å². The number of likely N-dealkylation sites (tertiary alicyclic amines) is 1. The van der Waals surface area contributed by atoms with E-state index in [-0.39, 0.29) is 5.91 Å². The lowest BCUT2D eigenvalue weighted by atomic mass is 9.84. The molecule has 1 heterocycles.